The van der Waals surface area contributed by atoms with E-state index in [1.807, 2.05) is 24.3 Å². The van der Waals surface area contributed by atoms with Crippen molar-refractivity contribution in [2.45, 2.75) is 63.6 Å². The van der Waals surface area contributed by atoms with E-state index in [4.69, 9.17) is 4.74 Å². The van der Waals surface area contributed by atoms with Gasteiger partial charge in [0.05, 0.1) is 7.11 Å². The Morgan fingerprint density at radius 2 is 1.81 bits per heavy atom. The van der Waals surface area contributed by atoms with E-state index in [0.29, 0.717) is 13.1 Å². The zero-order valence-electron chi connectivity index (χ0n) is 15.5. The third-order valence-electron chi connectivity index (χ3n) is 5.37. The van der Waals surface area contributed by atoms with Crippen LogP contribution in [-0.4, -0.2) is 42.6 Å². The van der Waals surface area contributed by atoms with Gasteiger partial charge in [-0.1, -0.05) is 31.4 Å². The Morgan fingerprint density at radius 1 is 1.08 bits per heavy atom. The molecule has 6 nitrogen and oxygen atoms in total. The van der Waals surface area contributed by atoms with Crippen molar-refractivity contribution in [1.29, 1.82) is 0 Å². The Hall–Kier alpha value is -2.24. The molecule has 1 heterocycles. The Kier molecular flexibility index (Phi) is 6.36. The summed E-state index contributed by atoms with van der Waals surface area (Å²) in [6.07, 6.45) is 7.31. The molecule has 1 aromatic rings. The molecule has 26 heavy (non-hydrogen) atoms. The first-order chi connectivity index (χ1) is 12.7. The molecule has 0 radical (unpaired) electrons. The Labute approximate surface area is 155 Å². The molecule has 3 rings (SSSR count). The van der Waals surface area contributed by atoms with Crippen LogP contribution in [0.15, 0.2) is 24.3 Å². The number of ether oxygens (including phenoxy) is 1. The minimum Gasteiger partial charge on any atom is -0.497 e. The van der Waals surface area contributed by atoms with Gasteiger partial charge in [-0.15, -0.1) is 0 Å². The summed E-state index contributed by atoms with van der Waals surface area (Å²) in [4.78, 5) is 26.9. The lowest BCUT2D eigenvalue weighted by atomic mass is 9.96. The summed E-state index contributed by atoms with van der Waals surface area (Å²) in [5.74, 6) is 0.721. The number of carbonyl (C=O) groups excluding carboxylic acids is 2. The molecule has 2 fully saturated rings. The molecule has 1 saturated carbocycles. The van der Waals surface area contributed by atoms with E-state index in [1.54, 1.807) is 12.0 Å². The smallest absolute Gasteiger partial charge is 0.318 e. The van der Waals surface area contributed by atoms with Crippen molar-refractivity contribution in [3.05, 3.63) is 29.8 Å². The predicted molar refractivity (Wildman–Crippen MR) is 100.0 cm³/mol. The predicted octanol–water partition coefficient (Wildman–Crippen LogP) is 2.82. The van der Waals surface area contributed by atoms with Crippen LogP contribution in [0.1, 0.15) is 50.5 Å². The summed E-state index contributed by atoms with van der Waals surface area (Å²) < 4.78 is 5.14. The fourth-order valence-corrected chi connectivity index (χ4v) is 3.84. The van der Waals surface area contributed by atoms with Gasteiger partial charge in [0.1, 0.15) is 11.8 Å². The molecule has 0 spiro atoms. The van der Waals surface area contributed by atoms with Gasteiger partial charge in [0, 0.05) is 19.1 Å². The summed E-state index contributed by atoms with van der Waals surface area (Å²) in [6, 6.07) is 7.43. The summed E-state index contributed by atoms with van der Waals surface area (Å²) in [7, 11) is 1.63. The van der Waals surface area contributed by atoms with Crippen LogP contribution in [0.2, 0.25) is 0 Å². The van der Waals surface area contributed by atoms with E-state index in [0.717, 1.165) is 37.0 Å². The fraction of sp³-hybridized carbons (Fsp3) is 0.600. The largest absolute Gasteiger partial charge is 0.497 e. The summed E-state index contributed by atoms with van der Waals surface area (Å²) in [6.45, 7) is 1.11. The number of benzene rings is 1. The first-order valence-electron chi connectivity index (χ1n) is 9.65. The number of urea groups is 1. The minimum atomic E-state index is -0.364. The van der Waals surface area contributed by atoms with Crippen molar-refractivity contribution in [1.82, 2.24) is 15.5 Å². The molecule has 3 amide bonds. The number of carbonyl (C=O) groups is 2. The van der Waals surface area contributed by atoms with Gasteiger partial charge < -0.3 is 20.3 Å². The molecule has 1 aliphatic carbocycles. The molecule has 0 aromatic heterocycles. The number of nitrogens with zero attached hydrogens (tertiary/aromatic N) is 1. The van der Waals surface area contributed by atoms with E-state index in [9.17, 15) is 9.59 Å². The minimum absolute atomic E-state index is 0.0721. The second kappa shape index (κ2) is 8.92. The topological polar surface area (TPSA) is 70.7 Å². The molecule has 0 unspecified atom stereocenters. The van der Waals surface area contributed by atoms with Gasteiger partial charge in [-0.2, -0.15) is 0 Å². The van der Waals surface area contributed by atoms with E-state index >= 15 is 0 Å². The molecule has 1 aromatic carbocycles. The molecule has 2 N–H and O–H groups in total. The highest BCUT2D eigenvalue weighted by atomic mass is 16.5. The summed E-state index contributed by atoms with van der Waals surface area (Å²) in [5, 5.41) is 6.09. The number of hydrogen-bond donors (Lipinski definition) is 2. The van der Waals surface area contributed by atoms with Crippen LogP contribution >= 0.6 is 0 Å². The molecular formula is C20H29N3O3. The highest BCUT2D eigenvalue weighted by Crippen LogP contribution is 2.21. The van der Waals surface area contributed by atoms with Crippen molar-refractivity contribution in [3.8, 4) is 5.75 Å². The Bertz CT molecular complexity index is 611. The SMILES string of the molecule is COc1ccc(CNC(=O)[C@H]2CCCN2C(=O)NC2CCCCC2)cc1. The average molecular weight is 359 g/mol. The van der Waals surface area contributed by atoms with Gasteiger partial charge in [0.2, 0.25) is 5.91 Å². The lowest BCUT2D eigenvalue weighted by Gasteiger charge is -2.29. The summed E-state index contributed by atoms with van der Waals surface area (Å²) in [5.41, 5.74) is 1.01. The maximum absolute atomic E-state index is 12.6. The van der Waals surface area contributed by atoms with Gasteiger partial charge in [0.25, 0.3) is 0 Å². The van der Waals surface area contributed by atoms with E-state index < -0.39 is 0 Å². The first kappa shape index (κ1) is 18.5. The van der Waals surface area contributed by atoms with Gasteiger partial charge >= 0.3 is 6.03 Å². The average Bonchev–Trinajstić information content (AvgIpc) is 3.17. The van der Waals surface area contributed by atoms with Crippen molar-refractivity contribution < 1.29 is 14.3 Å². The van der Waals surface area contributed by atoms with E-state index in [2.05, 4.69) is 10.6 Å². The third kappa shape index (κ3) is 4.68. The van der Waals surface area contributed by atoms with Crippen LogP contribution < -0.4 is 15.4 Å². The van der Waals surface area contributed by atoms with Crippen molar-refractivity contribution in [2.75, 3.05) is 13.7 Å². The van der Waals surface area contributed by atoms with E-state index in [1.165, 1.54) is 19.3 Å². The van der Waals surface area contributed by atoms with Gasteiger partial charge in [-0.05, 0) is 43.4 Å². The summed E-state index contributed by atoms with van der Waals surface area (Å²) >= 11 is 0. The maximum Gasteiger partial charge on any atom is 0.318 e. The first-order valence-corrected chi connectivity index (χ1v) is 9.65. The van der Waals surface area contributed by atoms with Crippen molar-refractivity contribution in [3.63, 3.8) is 0 Å². The lowest BCUT2D eigenvalue weighted by Crippen LogP contribution is -2.51. The number of likely N-dealkylation sites (tertiary alicyclic amines) is 1. The van der Waals surface area contributed by atoms with E-state index in [-0.39, 0.29) is 24.0 Å². The van der Waals surface area contributed by atoms with Gasteiger partial charge in [-0.25, -0.2) is 4.79 Å². The molecule has 1 aliphatic heterocycles. The Balaban J connectivity index is 1.51. The monoisotopic (exact) mass is 359 g/mol. The normalized spacial score (nSPS) is 20.7. The fourth-order valence-electron chi connectivity index (χ4n) is 3.84. The number of methoxy groups -OCH3 is 1. The van der Waals surface area contributed by atoms with Crippen LogP contribution in [0.25, 0.3) is 0 Å². The number of hydrogen-bond acceptors (Lipinski definition) is 3. The molecule has 2 aliphatic rings. The number of nitrogens with one attached hydrogen (secondary N) is 2. The highest BCUT2D eigenvalue weighted by Gasteiger charge is 2.34. The van der Waals surface area contributed by atoms with Crippen molar-refractivity contribution >= 4 is 11.9 Å². The van der Waals surface area contributed by atoms with Gasteiger partial charge in [-0.3, -0.25) is 4.79 Å². The maximum atomic E-state index is 12.6. The number of amides is 3. The highest BCUT2D eigenvalue weighted by molar-refractivity contribution is 5.87. The Morgan fingerprint density at radius 3 is 2.50 bits per heavy atom. The number of rotatable bonds is 5. The standard InChI is InChI=1S/C20H29N3O3/c1-26-17-11-9-15(10-12-17)14-21-19(24)18-8-5-13-23(18)20(25)22-16-6-3-2-4-7-16/h9-12,16,18H,2-8,13-14H2,1H3,(H,21,24)(H,22,25)/t18-/m1/s1. The molecular weight excluding hydrogens is 330 g/mol. The third-order valence-corrected chi connectivity index (χ3v) is 5.37. The molecule has 1 saturated heterocycles. The zero-order valence-corrected chi connectivity index (χ0v) is 15.5. The van der Waals surface area contributed by atoms with Crippen LogP contribution in [-0.2, 0) is 11.3 Å². The molecule has 142 valence electrons. The second-order valence-electron chi connectivity index (χ2n) is 7.20. The molecule has 1 atom stereocenters. The van der Waals surface area contributed by atoms with Gasteiger partial charge in [0.15, 0.2) is 0 Å². The van der Waals surface area contributed by atoms with Crippen molar-refractivity contribution in [2.24, 2.45) is 0 Å². The second-order valence-corrected chi connectivity index (χ2v) is 7.20. The lowest BCUT2D eigenvalue weighted by molar-refractivity contribution is -0.124. The molecule has 6 heteroatoms. The molecule has 0 bridgehead atoms. The van der Waals surface area contributed by atoms with Crippen LogP contribution in [0.3, 0.4) is 0 Å². The van der Waals surface area contributed by atoms with Crippen LogP contribution in [0, 0.1) is 0 Å². The van der Waals surface area contributed by atoms with Crippen LogP contribution in [0.5, 0.6) is 5.75 Å². The van der Waals surface area contributed by atoms with Crippen LogP contribution in [0.4, 0.5) is 4.79 Å². The zero-order chi connectivity index (χ0) is 18.4. The quantitative estimate of drug-likeness (QED) is 0.849.